The molecule has 0 saturated carbocycles. The maximum absolute atomic E-state index is 12.2. The fourth-order valence-corrected chi connectivity index (χ4v) is 3.20. The van der Waals surface area contributed by atoms with Crippen LogP contribution in [0.1, 0.15) is 22.7 Å². The lowest BCUT2D eigenvalue weighted by molar-refractivity contribution is 0.00160. The minimum Gasteiger partial charge on any atom is -0.456 e. The Kier molecular flexibility index (Phi) is 5.12. The molecular weight excluding hydrogens is 284 g/mol. The number of nitrogens with one attached hydrogen (secondary N) is 1. The van der Waals surface area contributed by atoms with Crippen molar-refractivity contribution in [2.45, 2.75) is 19.4 Å². The molecule has 3 heterocycles. The monoisotopic (exact) mass is 308 g/mol. The van der Waals surface area contributed by atoms with Crippen LogP contribution in [-0.4, -0.2) is 62.9 Å². The molecule has 0 aliphatic carbocycles. The van der Waals surface area contributed by atoms with Crippen LogP contribution in [0, 0.1) is 12.8 Å². The van der Waals surface area contributed by atoms with Crippen LogP contribution in [0.5, 0.6) is 0 Å². The van der Waals surface area contributed by atoms with Crippen molar-refractivity contribution >= 4 is 5.91 Å². The van der Waals surface area contributed by atoms with Crippen molar-refractivity contribution in [3.05, 3.63) is 23.7 Å². The summed E-state index contributed by atoms with van der Waals surface area (Å²) in [5.41, 5.74) is 0. The molecule has 2 aliphatic rings. The van der Waals surface area contributed by atoms with Crippen molar-refractivity contribution in [1.82, 2.24) is 10.2 Å². The molecular formula is C16H24N2O4. The highest BCUT2D eigenvalue weighted by Gasteiger charge is 2.31. The molecule has 1 N–H and O–H groups in total. The quantitative estimate of drug-likeness (QED) is 0.881. The number of hydrogen-bond donors (Lipinski definition) is 1. The lowest BCUT2D eigenvalue weighted by Gasteiger charge is -2.37. The first-order valence-corrected chi connectivity index (χ1v) is 7.98. The van der Waals surface area contributed by atoms with Crippen molar-refractivity contribution in [3.8, 4) is 0 Å². The van der Waals surface area contributed by atoms with E-state index in [1.165, 1.54) is 0 Å². The average molecular weight is 308 g/mol. The molecule has 22 heavy (non-hydrogen) atoms. The minimum absolute atomic E-state index is 0.148. The molecule has 0 bridgehead atoms. The van der Waals surface area contributed by atoms with Crippen molar-refractivity contribution in [1.29, 1.82) is 0 Å². The number of furan rings is 1. The first kappa shape index (κ1) is 15.5. The molecule has 1 aromatic rings. The van der Waals surface area contributed by atoms with Crippen LogP contribution >= 0.6 is 0 Å². The van der Waals surface area contributed by atoms with E-state index in [1.807, 2.05) is 6.92 Å². The molecule has 2 atom stereocenters. The summed E-state index contributed by atoms with van der Waals surface area (Å²) in [5, 5.41) is 3.02. The van der Waals surface area contributed by atoms with Crippen LogP contribution in [-0.2, 0) is 9.47 Å². The van der Waals surface area contributed by atoms with Crippen molar-refractivity contribution in [3.63, 3.8) is 0 Å². The number of amides is 1. The van der Waals surface area contributed by atoms with Gasteiger partial charge >= 0.3 is 0 Å². The summed E-state index contributed by atoms with van der Waals surface area (Å²) < 4.78 is 16.3. The number of nitrogens with zero attached hydrogens (tertiary/aromatic N) is 1. The van der Waals surface area contributed by atoms with E-state index in [4.69, 9.17) is 13.9 Å². The number of carbonyl (C=O) groups excluding carboxylic acids is 1. The van der Waals surface area contributed by atoms with Gasteiger partial charge in [0.05, 0.1) is 19.8 Å². The molecule has 2 fully saturated rings. The number of carbonyl (C=O) groups is 1. The smallest absolute Gasteiger partial charge is 0.287 e. The topological polar surface area (TPSA) is 63.9 Å². The van der Waals surface area contributed by atoms with Gasteiger partial charge in [0.15, 0.2) is 5.76 Å². The Morgan fingerprint density at radius 3 is 2.77 bits per heavy atom. The number of morpholine rings is 1. The SMILES string of the molecule is Cc1ccc(C(=O)NC[C@H]([C@@H]2CCOC2)N2CCOCC2)o1. The minimum atomic E-state index is -0.148. The molecule has 6 heteroatoms. The molecule has 1 amide bonds. The molecule has 6 nitrogen and oxygen atoms in total. The second-order valence-electron chi connectivity index (χ2n) is 5.96. The Balaban J connectivity index is 1.60. The highest BCUT2D eigenvalue weighted by molar-refractivity contribution is 5.91. The van der Waals surface area contributed by atoms with Gasteiger partial charge in [-0.05, 0) is 25.5 Å². The fourth-order valence-electron chi connectivity index (χ4n) is 3.20. The average Bonchev–Trinajstić information content (AvgIpc) is 3.20. The van der Waals surface area contributed by atoms with E-state index in [0.717, 1.165) is 51.7 Å². The van der Waals surface area contributed by atoms with Gasteiger partial charge in [-0.15, -0.1) is 0 Å². The van der Waals surface area contributed by atoms with Gasteiger partial charge in [0.1, 0.15) is 5.76 Å². The fraction of sp³-hybridized carbons (Fsp3) is 0.688. The Hall–Kier alpha value is -1.37. The third kappa shape index (κ3) is 3.69. The Bertz CT molecular complexity index is 490. The summed E-state index contributed by atoms with van der Waals surface area (Å²) in [5.74, 6) is 1.45. The molecule has 3 rings (SSSR count). The van der Waals surface area contributed by atoms with E-state index in [1.54, 1.807) is 12.1 Å². The van der Waals surface area contributed by atoms with Crippen molar-refractivity contribution in [2.24, 2.45) is 5.92 Å². The molecule has 2 aliphatic heterocycles. The number of rotatable bonds is 5. The normalized spacial score (nSPS) is 24.3. The molecule has 122 valence electrons. The predicted molar refractivity (Wildman–Crippen MR) is 80.9 cm³/mol. The summed E-state index contributed by atoms with van der Waals surface area (Å²) in [4.78, 5) is 14.6. The van der Waals surface area contributed by atoms with Gasteiger partial charge in [-0.25, -0.2) is 0 Å². The molecule has 1 aromatic heterocycles. The first-order valence-electron chi connectivity index (χ1n) is 7.98. The lowest BCUT2D eigenvalue weighted by Crippen LogP contribution is -2.52. The largest absolute Gasteiger partial charge is 0.456 e. The van der Waals surface area contributed by atoms with E-state index >= 15 is 0 Å². The lowest BCUT2D eigenvalue weighted by atomic mass is 9.97. The van der Waals surface area contributed by atoms with Gasteiger partial charge in [0.2, 0.25) is 0 Å². The van der Waals surface area contributed by atoms with Crippen LogP contribution in [0.15, 0.2) is 16.5 Å². The third-order valence-corrected chi connectivity index (χ3v) is 4.46. The zero-order valence-corrected chi connectivity index (χ0v) is 13.0. The molecule has 0 unspecified atom stereocenters. The second kappa shape index (κ2) is 7.26. The number of aryl methyl sites for hydroxylation is 1. The first-order chi connectivity index (χ1) is 10.7. The maximum Gasteiger partial charge on any atom is 0.287 e. The summed E-state index contributed by atoms with van der Waals surface area (Å²) in [6.07, 6.45) is 1.05. The van der Waals surface area contributed by atoms with Crippen LogP contribution in [0.2, 0.25) is 0 Å². The van der Waals surface area contributed by atoms with Gasteiger partial charge in [-0.3, -0.25) is 9.69 Å². The highest BCUT2D eigenvalue weighted by atomic mass is 16.5. The molecule has 0 aromatic carbocycles. The zero-order valence-electron chi connectivity index (χ0n) is 13.0. The van der Waals surface area contributed by atoms with E-state index in [9.17, 15) is 4.79 Å². The predicted octanol–water partition coefficient (Wildman–Crippen LogP) is 1.06. The molecule has 2 saturated heterocycles. The van der Waals surface area contributed by atoms with Crippen LogP contribution in [0.3, 0.4) is 0 Å². The van der Waals surface area contributed by atoms with Gasteiger partial charge in [0, 0.05) is 38.2 Å². The van der Waals surface area contributed by atoms with E-state index in [-0.39, 0.29) is 5.91 Å². The van der Waals surface area contributed by atoms with Crippen LogP contribution in [0.4, 0.5) is 0 Å². The zero-order chi connectivity index (χ0) is 15.4. The Morgan fingerprint density at radius 1 is 1.32 bits per heavy atom. The summed E-state index contributed by atoms with van der Waals surface area (Å²) in [7, 11) is 0. The number of hydrogen-bond acceptors (Lipinski definition) is 5. The van der Waals surface area contributed by atoms with E-state index in [0.29, 0.717) is 24.3 Å². The van der Waals surface area contributed by atoms with Crippen molar-refractivity contribution < 1.29 is 18.7 Å². The van der Waals surface area contributed by atoms with Gasteiger partial charge in [-0.1, -0.05) is 0 Å². The van der Waals surface area contributed by atoms with Crippen LogP contribution in [0.25, 0.3) is 0 Å². The number of ether oxygens (including phenoxy) is 2. The van der Waals surface area contributed by atoms with E-state index in [2.05, 4.69) is 10.2 Å². The van der Waals surface area contributed by atoms with Crippen molar-refractivity contribution in [2.75, 3.05) is 46.1 Å². The summed E-state index contributed by atoms with van der Waals surface area (Å²) in [6.45, 7) is 7.39. The summed E-state index contributed by atoms with van der Waals surface area (Å²) in [6, 6.07) is 3.82. The van der Waals surface area contributed by atoms with Crippen LogP contribution < -0.4 is 5.32 Å². The van der Waals surface area contributed by atoms with Gasteiger partial charge in [-0.2, -0.15) is 0 Å². The standard InChI is InChI=1S/C16H24N2O4/c1-12-2-3-15(22-12)16(19)17-10-14(13-4-7-21-11-13)18-5-8-20-9-6-18/h2-3,13-14H,4-11H2,1H3,(H,17,19)/t13-,14-/m1/s1. The third-order valence-electron chi connectivity index (χ3n) is 4.46. The van der Waals surface area contributed by atoms with E-state index < -0.39 is 0 Å². The molecule has 0 spiro atoms. The Labute approximate surface area is 130 Å². The van der Waals surface area contributed by atoms with Gasteiger partial charge in [0.25, 0.3) is 5.91 Å². The summed E-state index contributed by atoms with van der Waals surface area (Å²) >= 11 is 0. The maximum atomic E-state index is 12.2. The Morgan fingerprint density at radius 2 is 2.14 bits per heavy atom. The highest BCUT2D eigenvalue weighted by Crippen LogP contribution is 2.22. The second-order valence-corrected chi connectivity index (χ2v) is 5.96. The molecule has 0 radical (unpaired) electrons. The van der Waals surface area contributed by atoms with Gasteiger partial charge < -0.3 is 19.2 Å².